The fourth-order valence-electron chi connectivity index (χ4n) is 2.74. The van der Waals surface area contributed by atoms with E-state index in [9.17, 15) is 4.79 Å². The molecule has 0 atom stereocenters. The number of hydrogen-bond acceptors (Lipinski definition) is 4. The number of hydrogen-bond donors (Lipinski definition) is 3. The van der Waals surface area contributed by atoms with Gasteiger partial charge in [0.1, 0.15) is 11.5 Å². The molecule has 8 heteroatoms. The average molecular weight is 512 g/mol. The monoisotopic (exact) mass is 512 g/mol. The fraction of sp³-hybridized carbons (Fsp3) is 0.333. The van der Waals surface area contributed by atoms with E-state index >= 15 is 0 Å². The second-order valence-electron chi connectivity index (χ2n) is 6.06. The highest BCUT2D eigenvalue weighted by molar-refractivity contribution is 14.0. The summed E-state index contributed by atoms with van der Waals surface area (Å²) in [5.41, 5.74) is 2.75. The lowest BCUT2D eigenvalue weighted by Gasteiger charge is -2.14. The smallest absolute Gasteiger partial charge is 0.251 e. The first-order valence-electron chi connectivity index (χ1n) is 9.07. The van der Waals surface area contributed by atoms with Crippen LogP contribution in [0.25, 0.3) is 0 Å². The maximum atomic E-state index is 11.7. The Bertz CT molecular complexity index is 827. The minimum Gasteiger partial charge on any atom is -0.497 e. The van der Waals surface area contributed by atoms with Gasteiger partial charge in [0, 0.05) is 44.4 Å². The molecule has 0 aliphatic heterocycles. The molecular formula is C21H29IN4O3. The van der Waals surface area contributed by atoms with Crippen LogP contribution in [0.1, 0.15) is 21.5 Å². The van der Waals surface area contributed by atoms with E-state index in [2.05, 4.69) is 20.9 Å². The SMILES string of the molecule is CN=C(NCCc1cccc(C(=O)NC)c1)NCc1ccc(OC)cc1OC.I. The van der Waals surface area contributed by atoms with Gasteiger partial charge in [0.15, 0.2) is 5.96 Å². The Hall–Kier alpha value is -2.49. The highest BCUT2D eigenvalue weighted by Gasteiger charge is 2.07. The van der Waals surface area contributed by atoms with E-state index in [0.29, 0.717) is 24.6 Å². The number of methoxy groups -OCH3 is 2. The van der Waals surface area contributed by atoms with Crippen LogP contribution in [0.5, 0.6) is 11.5 Å². The summed E-state index contributed by atoms with van der Waals surface area (Å²) in [6.45, 7) is 1.26. The Morgan fingerprint density at radius 2 is 1.86 bits per heavy atom. The van der Waals surface area contributed by atoms with Crippen LogP contribution in [0.3, 0.4) is 0 Å². The molecule has 7 nitrogen and oxygen atoms in total. The number of ether oxygens (including phenoxy) is 2. The molecule has 0 fully saturated rings. The van der Waals surface area contributed by atoms with Gasteiger partial charge in [-0.15, -0.1) is 24.0 Å². The molecule has 0 aliphatic carbocycles. The molecule has 29 heavy (non-hydrogen) atoms. The van der Waals surface area contributed by atoms with Gasteiger partial charge < -0.3 is 25.4 Å². The normalized spacial score (nSPS) is 10.6. The van der Waals surface area contributed by atoms with Crippen molar-refractivity contribution in [2.45, 2.75) is 13.0 Å². The second-order valence-corrected chi connectivity index (χ2v) is 6.06. The third-order valence-electron chi connectivity index (χ3n) is 4.29. The van der Waals surface area contributed by atoms with Crippen molar-refractivity contribution in [2.24, 2.45) is 4.99 Å². The van der Waals surface area contributed by atoms with Gasteiger partial charge in [-0.3, -0.25) is 9.79 Å². The van der Waals surface area contributed by atoms with E-state index in [4.69, 9.17) is 9.47 Å². The van der Waals surface area contributed by atoms with Crippen LogP contribution in [0.15, 0.2) is 47.5 Å². The maximum absolute atomic E-state index is 11.7. The number of amides is 1. The van der Waals surface area contributed by atoms with Crippen LogP contribution >= 0.6 is 24.0 Å². The van der Waals surface area contributed by atoms with Crippen LogP contribution in [0, 0.1) is 0 Å². The number of aliphatic imine (C=N–C) groups is 1. The molecule has 0 saturated heterocycles. The number of rotatable bonds is 8. The molecule has 3 N–H and O–H groups in total. The minimum absolute atomic E-state index is 0. The molecular weight excluding hydrogens is 483 g/mol. The van der Waals surface area contributed by atoms with Gasteiger partial charge >= 0.3 is 0 Å². The zero-order chi connectivity index (χ0) is 20.4. The number of guanidine groups is 1. The van der Waals surface area contributed by atoms with Crippen LogP contribution in [0.4, 0.5) is 0 Å². The Balaban J connectivity index is 0.00000420. The molecule has 0 aliphatic rings. The summed E-state index contributed by atoms with van der Waals surface area (Å²) >= 11 is 0. The third-order valence-corrected chi connectivity index (χ3v) is 4.29. The highest BCUT2D eigenvalue weighted by Crippen LogP contribution is 2.24. The van der Waals surface area contributed by atoms with E-state index in [1.165, 1.54) is 0 Å². The molecule has 0 saturated carbocycles. The van der Waals surface area contributed by atoms with Gasteiger partial charge in [-0.05, 0) is 36.2 Å². The predicted octanol–water partition coefficient (Wildman–Crippen LogP) is 2.59. The van der Waals surface area contributed by atoms with Crippen molar-refractivity contribution in [2.75, 3.05) is 34.9 Å². The largest absolute Gasteiger partial charge is 0.497 e. The molecule has 2 aromatic rings. The van der Waals surface area contributed by atoms with E-state index in [1.54, 1.807) is 34.4 Å². The number of nitrogens with one attached hydrogen (secondary N) is 3. The molecule has 0 spiro atoms. The van der Waals surface area contributed by atoms with Gasteiger partial charge in [-0.2, -0.15) is 0 Å². The van der Waals surface area contributed by atoms with Crippen molar-refractivity contribution >= 4 is 35.8 Å². The summed E-state index contributed by atoms with van der Waals surface area (Å²) in [6.07, 6.45) is 0.775. The fourth-order valence-corrected chi connectivity index (χ4v) is 2.74. The van der Waals surface area contributed by atoms with Crippen molar-refractivity contribution in [1.82, 2.24) is 16.0 Å². The zero-order valence-corrected chi connectivity index (χ0v) is 19.6. The summed E-state index contributed by atoms with van der Waals surface area (Å²) in [5.74, 6) is 2.12. The molecule has 1 amide bonds. The Labute approximate surface area is 189 Å². The first-order chi connectivity index (χ1) is 13.6. The lowest BCUT2D eigenvalue weighted by Crippen LogP contribution is -2.37. The molecule has 0 aromatic heterocycles. The highest BCUT2D eigenvalue weighted by atomic mass is 127. The van der Waals surface area contributed by atoms with Crippen LogP contribution in [-0.4, -0.2) is 46.7 Å². The summed E-state index contributed by atoms with van der Waals surface area (Å²) in [7, 11) is 6.62. The number of nitrogens with zero attached hydrogens (tertiary/aromatic N) is 1. The van der Waals surface area contributed by atoms with Gasteiger partial charge in [-0.1, -0.05) is 12.1 Å². The first-order valence-corrected chi connectivity index (χ1v) is 9.07. The number of carbonyl (C=O) groups is 1. The molecule has 2 rings (SSSR count). The second kappa shape index (κ2) is 12.9. The van der Waals surface area contributed by atoms with Gasteiger partial charge in [0.05, 0.1) is 14.2 Å². The standard InChI is InChI=1S/C21H28N4O3.HI/c1-22-20(26)16-7-5-6-15(12-16)10-11-24-21(23-2)25-14-17-8-9-18(27-3)13-19(17)28-4;/h5-9,12-13H,10-11,14H2,1-4H3,(H,22,26)(H2,23,24,25);1H. The minimum atomic E-state index is -0.0827. The van der Waals surface area contributed by atoms with Crippen molar-refractivity contribution < 1.29 is 14.3 Å². The van der Waals surface area contributed by atoms with Gasteiger partial charge in [0.2, 0.25) is 0 Å². The van der Waals surface area contributed by atoms with Crippen molar-refractivity contribution in [3.05, 3.63) is 59.2 Å². The predicted molar refractivity (Wildman–Crippen MR) is 127 cm³/mol. The van der Waals surface area contributed by atoms with Crippen molar-refractivity contribution in [3.8, 4) is 11.5 Å². The topological polar surface area (TPSA) is 84.0 Å². The Morgan fingerprint density at radius 3 is 2.52 bits per heavy atom. The number of halogens is 1. The quantitative estimate of drug-likeness (QED) is 0.288. The molecule has 0 radical (unpaired) electrons. The van der Waals surface area contributed by atoms with Crippen LogP contribution < -0.4 is 25.4 Å². The average Bonchev–Trinajstić information content (AvgIpc) is 2.75. The molecule has 0 heterocycles. The van der Waals surface area contributed by atoms with E-state index in [0.717, 1.165) is 29.0 Å². The van der Waals surface area contributed by atoms with E-state index < -0.39 is 0 Å². The molecule has 0 bridgehead atoms. The lowest BCUT2D eigenvalue weighted by molar-refractivity contribution is 0.0963. The van der Waals surface area contributed by atoms with Gasteiger partial charge in [0.25, 0.3) is 5.91 Å². The summed E-state index contributed by atoms with van der Waals surface area (Å²) < 4.78 is 10.6. The van der Waals surface area contributed by atoms with Crippen molar-refractivity contribution in [3.63, 3.8) is 0 Å². The maximum Gasteiger partial charge on any atom is 0.251 e. The summed E-state index contributed by atoms with van der Waals surface area (Å²) in [4.78, 5) is 16.0. The molecule has 0 unspecified atom stereocenters. The van der Waals surface area contributed by atoms with E-state index in [1.807, 2.05) is 36.4 Å². The Morgan fingerprint density at radius 1 is 1.07 bits per heavy atom. The molecule has 2 aromatic carbocycles. The number of benzene rings is 2. The lowest BCUT2D eigenvalue weighted by atomic mass is 10.1. The van der Waals surface area contributed by atoms with Crippen LogP contribution in [-0.2, 0) is 13.0 Å². The van der Waals surface area contributed by atoms with Gasteiger partial charge in [-0.25, -0.2) is 0 Å². The van der Waals surface area contributed by atoms with Crippen molar-refractivity contribution in [1.29, 1.82) is 0 Å². The third kappa shape index (κ3) is 7.45. The molecule has 158 valence electrons. The summed E-state index contributed by atoms with van der Waals surface area (Å²) in [5, 5.41) is 9.20. The first kappa shape index (κ1) is 24.5. The van der Waals surface area contributed by atoms with Crippen LogP contribution in [0.2, 0.25) is 0 Å². The number of carbonyl (C=O) groups excluding carboxylic acids is 1. The summed E-state index contributed by atoms with van der Waals surface area (Å²) in [6, 6.07) is 13.3. The zero-order valence-electron chi connectivity index (χ0n) is 17.2. The Kier molecular flexibility index (Phi) is 10.9. The van der Waals surface area contributed by atoms with E-state index in [-0.39, 0.29) is 29.9 Å².